The second-order valence-electron chi connectivity index (χ2n) is 5.32. The second-order valence-corrected chi connectivity index (χ2v) is 7.82. The molecule has 3 aromatic rings. The number of pyridine rings is 1. The first-order chi connectivity index (χ1) is 12.8. The number of ketones is 1. The van der Waals surface area contributed by atoms with Gasteiger partial charge in [-0.3, -0.25) is 9.78 Å². The van der Waals surface area contributed by atoms with Crippen LogP contribution in [0.4, 0.5) is 18.3 Å². The van der Waals surface area contributed by atoms with Crippen molar-refractivity contribution in [3.63, 3.8) is 0 Å². The number of anilines is 1. The van der Waals surface area contributed by atoms with Crippen LogP contribution in [0.15, 0.2) is 59.9 Å². The molecular formula is C17H12F3N3O2S2. The number of carbonyl (C=O) groups is 1. The first-order valence-electron chi connectivity index (χ1n) is 7.56. The van der Waals surface area contributed by atoms with Crippen molar-refractivity contribution in [3.8, 4) is 0 Å². The molecule has 0 fully saturated rings. The molecule has 1 unspecified atom stereocenters. The van der Waals surface area contributed by atoms with E-state index in [1.54, 1.807) is 18.5 Å². The monoisotopic (exact) mass is 411 g/mol. The van der Waals surface area contributed by atoms with Crippen molar-refractivity contribution in [1.29, 1.82) is 0 Å². The molecular weight excluding hydrogens is 399 g/mol. The van der Waals surface area contributed by atoms with E-state index in [0.717, 1.165) is 29.0 Å². The summed E-state index contributed by atoms with van der Waals surface area (Å²) >= 11 is 1.08. The van der Waals surface area contributed by atoms with E-state index in [-0.39, 0.29) is 10.4 Å². The largest absolute Gasteiger partial charge is 0.475 e. The van der Waals surface area contributed by atoms with Gasteiger partial charge in [-0.05, 0) is 23.8 Å². The van der Waals surface area contributed by atoms with Crippen LogP contribution in [-0.2, 0) is 17.3 Å². The van der Waals surface area contributed by atoms with Gasteiger partial charge < -0.3 is 5.32 Å². The van der Waals surface area contributed by atoms with Gasteiger partial charge in [0.05, 0.1) is 11.1 Å². The quantitative estimate of drug-likeness (QED) is 0.621. The fourth-order valence-electron chi connectivity index (χ4n) is 2.17. The number of carbonyl (C=O) groups excluding carboxylic acids is 1. The number of hydrogen-bond donors (Lipinski definition) is 1. The van der Waals surface area contributed by atoms with Crippen LogP contribution in [0.25, 0.3) is 0 Å². The molecule has 0 aliphatic rings. The molecule has 10 heteroatoms. The lowest BCUT2D eigenvalue weighted by Crippen LogP contribution is -2.16. The molecule has 0 saturated heterocycles. The van der Waals surface area contributed by atoms with Gasteiger partial charge in [-0.25, -0.2) is 9.19 Å². The number of thiazole rings is 1. The summed E-state index contributed by atoms with van der Waals surface area (Å²) in [6.45, 7) is 0.467. The van der Waals surface area contributed by atoms with Crippen molar-refractivity contribution in [2.75, 3.05) is 5.32 Å². The Bertz CT molecular complexity index is 975. The van der Waals surface area contributed by atoms with E-state index in [4.69, 9.17) is 0 Å². The Morgan fingerprint density at radius 3 is 2.70 bits per heavy atom. The minimum Gasteiger partial charge on any atom is -0.357 e. The topological polar surface area (TPSA) is 72.0 Å². The highest BCUT2D eigenvalue weighted by Crippen LogP contribution is 2.28. The lowest BCUT2D eigenvalue weighted by molar-refractivity contribution is -0.0384. The lowest BCUT2D eigenvalue weighted by atomic mass is 10.1. The number of benzene rings is 1. The summed E-state index contributed by atoms with van der Waals surface area (Å²) in [5.41, 5.74) is -3.93. The third kappa shape index (κ3) is 4.77. The Labute approximate surface area is 158 Å². The summed E-state index contributed by atoms with van der Waals surface area (Å²) in [6.07, 6.45) is 4.70. The smallest absolute Gasteiger partial charge is 0.357 e. The van der Waals surface area contributed by atoms with Crippen LogP contribution in [0.1, 0.15) is 20.8 Å². The number of nitrogens with one attached hydrogen (secondary N) is 1. The van der Waals surface area contributed by atoms with Crippen LogP contribution in [0.3, 0.4) is 0 Å². The SMILES string of the molecule is O=C(c1cccc(S(=O)C(F)(F)F)c1)c1cnc(NCc2cccnc2)s1. The highest BCUT2D eigenvalue weighted by molar-refractivity contribution is 7.86. The Hall–Kier alpha value is -2.59. The molecule has 2 heterocycles. The van der Waals surface area contributed by atoms with Gasteiger partial charge in [-0.2, -0.15) is 13.2 Å². The first-order valence-corrected chi connectivity index (χ1v) is 9.53. The van der Waals surface area contributed by atoms with Gasteiger partial charge in [-0.1, -0.05) is 29.5 Å². The van der Waals surface area contributed by atoms with Gasteiger partial charge >= 0.3 is 5.51 Å². The summed E-state index contributed by atoms with van der Waals surface area (Å²) in [7, 11) is -3.19. The summed E-state index contributed by atoms with van der Waals surface area (Å²) in [5, 5.41) is 3.55. The minimum absolute atomic E-state index is 0.0209. The fraction of sp³-hybridized carbons (Fsp3) is 0.118. The van der Waals surface area contributed by atoms with Crippen molar-refractivity contribution in [3.05, 3.63) is 71.0 Å². The van der Waals surface area contributed by atoms with Crippen molar-refractivity contribution in [1.82, 2.24) is 9.97 Å². The van der Waals surface area contributed by atoms with Gasteiger partial charge in [0, 0.05) is 29.4 Å². The van der Waals surface area contributed by atoms with E-state index < -0.39 is 27.0 Å². The molecule has 0 spiro atoms. The van der Waals surface area contributed by atoms with E-state index in [9.17, 15) is 22.2 Å². The Kier molecular flexibility index (Phi) is 5.66. The molecule has 1 atom stereocenters. The zero-order valence-corrected chi connectivity index (χ0v) is 15.2. The summed E-state index contributed by atoms with van der Waals surface area (Å²) in [4.78, 5) is 20.4. The van der Waals surface area contributed by atoms with Crippen LogP contribution >= 0.6 is 11.3 Å². The fourth-order valence-corrected chi connectivity index (χ4v) is 3.65. The lowest BCUT2D eigenvalue weighted by Gasteiger charge is -2.07. The Balaban J connectivity index is 1.73. The van der Waals surface area contributed by atoms with Gasteiger partial charge in [0.2, 0.25) is 5.78 Å². The summed E-state index contributed by atoms with van der Waals surface area (Å²) in [6, 6.07) is 8.40. The predicted octanol–water partition coefficient (Wildman–Crippen LogP) is 4.01. The van der Waals surface area contributed by atoms with Crippen molar-refractivity contribution in [2.24, 2.45) is 0 Å². The van der Waals surface area contributed by atoms with E-state index in [1.165, 1.54) is 18.3 Å². The summed E-state index contributed by atoms with van der Waals surface area (Å²) in [5.74, 6) is -0.483. The number of alkyl halides is 3. The van der Waals surface area contributed by atoms with E-state index >= 15 is 0 Å². The van der Waals surface area contributed by atoms with Crippen molar-refractivity contribution >= 4 is 33.1 Å². The first kappa shape index (κ1) is 19.2. The number of halogens is 3. The van der Waals surface area contributed by atoms with Crippen LogP contribution in [0, 0.1) is 0 Å². The molecule has 0 aliphatic heterocycles. The number of nitrogens with zero attached hydrogens (tertiary/aromatic N) is 2. The highest BCUT2D eigenvalue weighted by atomic mass is 32.2. The zero-order chi connectivity index (χ0) is 19.4. The van der Waals surface area contributed by atoms with E-state index in [1.807, 2.05) is 6.07 Å². The van der Waals surface area contributed by atoms with Crippen LogP contribution in [0.2, 0.25) is 0 Å². The molecule has 3 rings (SSSR count). The molecule has 27 heavy (non-hydrogen) atoms. The van der Waals surface area contributed by atoms with Crippen LogP contribution in [-0.4, -0.2) is 25.5 Å². The minimum atomic E-state index is -4.88. The standard InChI is InChI=1S/C17H12F3N3O2S2/c18-17(19,20)27(25)13-5-1-4-12(7-13)15(24)14-10-23-16(26-14)22-9-11-3-2-6-21-8-11/h1-8,10H,9H2,(H,22,23). The maximum Gasteiger partial charge on any atom is 0.475 e. The molecule has 1 N–H and O–H groups in total. The molecule has 0 saturated carbocycles. The normalized spacial score (nSPS) is 12.6. The zero-order valence-electron chi connectivity index (χ0n) is 13.6. The van der Waals surface area contributed by atoms with Crippen LogP contribution in [0.5, 0.6) is 0 Å². The molecule has 0 radical (unpaired) electrons. The molecule has 0 bridgehead atoms. The van der Waals surface area contributed by atoms with E-state index in [2.05, 4.69) is 15.3 Å². The number of aromatic nitrogens is 2. The second kappa shape index (κ2) is 7.97. The van der Waals surface area contributed by atoms with Crippen molar-refractivity contribution < 1.29 is 22.2 Å². The molecule has 2 aromatic heterocycles. The molecule has 5 nitrogen and oxygen atoms in total. The number of hydrogen-bond acceptors (Lipinski definition) is 6. The molecule has 0 aliphatic carbocycles. The van der Waals surface area contributed by atoms with Gasteiger partial charge in [-0.15, -0.1) is 0 Å². The van der Waals surface area contributed by atoms with Crippen molar-refractivity contribution in [2.45, 2.75) is 16.9 Å². The molecule has 0 amide bonds. The maximum absolute atomic E-state index is 12.6. The molecule has 1 aromatic carbocycles. The Morgan fingerprint density at radius 2 is 2.00 bits per heavy atom. The summed E-state index contributed by atoms with van der Waals surface area (Å²) < 4.78 is 49.3. The maximum atomic E-state index is 12.6. The third-order valence-corrected chi connectivity index (χ3v) is 5.47. The van der Waals surface area contributed by atoms with Gasteiger partial charge in [0.25, 0.3) is 0 Å². The Morgan fingerprint density at radius 1 is 1.19 bits per heavy atom. The van der Waals surface area contributed by atoms with E-state index in [0.29, 0.717) is 11.7 Å². The third-order valence-electron chi connectivity index (χ3n) is 3.42. The average molecular weight is 411 g/mol. The average Bonchev–Trinajstić information content (AvgIpc) is 3.14. The van der Waals surface area contributed by atoms with Gasteiger partial charge in [0.15, 0.2) is 15.9 Å². The highest BCUT2D eigenvalue weighted by Gasteiger charge is 2.38. The van der Waals surface area contributed by atoms with Crippen LogP contribution < -0.4 is 5.32 Å². The predicted molar refractivity (Wildman–Crippen MR) is 96.0 cm³/mol. The number of rotatable bonds is 6. The molecule has 140 valence electrons. The van der Waals surface area contributed by atoms with Gasteiger partial charge in [0.1, 0.15) is 0 Å².